The van der Waals surface area contributed by atoms with Crippen molar-refractivity contribution in [2.24, 2.45) is 7.05 Å². The maximum Gasteiger partial charge on any atom is 0.350 e. The fraction of sp³-hybridized carbons (Fsp3) is 0.0741. The molecular weight excluding hydrogens is 489 g/mol. The lowest BCUT2D eigenvalue weighted by Gasteiger charge is -2.06. The van der Waals surface area contributed by atoms with Gasteiger partial charge in [0.05, 0.1) is 28.3 Å². The van der Waals surface area contributed by atoms with Crippen molar-refractivity contribution in [1.82, 2.24) is 19.5 Å². The molecule has 0 bridgehead atoms. The number of aromatic amines is 1. The third-order valence-corrected chi connectivity index (χ3v) is 6.14. The van der Waals surface area contributed by atoms with Crippen molar-refractivity contribution in [2.75, 3.05) is 11.1 Å². The Kier molecular flexibility index (Phi) is 6.40. The number of aryl methyl sites for hydroxylation is 1. The van der Waals surface area contributed by atoms with Crippen molar-refractivity contribution < 1.29 is 23.5 Å². The molecule has 0 unspecified atom stereocenters. The van der Waals surface area contributed by atoms with Crippen molar-refractivity contribution in [3.05, 3.63) is 95.6 Å². The maximum absolute atomic E-state index is 14.2. The Morgan fingerprint density at radius 2 is 1.87 bits per heavy atom. The molecule has 38 heavy (non-hydrogen) atoms. The smallest absolute Gasteiger partial charge is 0.350 e. The third kappa shape index (κ3) is 4.48. The van der Waals surface area contributed by atoms with Crippen molar-refractivity contribution in [3.63, 3.8) is 0 Å². The number of hydrogen-bond donors (Lipinski definition) is 4. The minimum Gasteiger partial charge on any atom is -0.483 e. The van der Waals surface area contributed by atoms with Crippen molar-refractivity contribution in [2.45, 2.75) is 6.42 Å². The number of para-hydroxylation sites is 3. The molecular formula is C27H23FN7O3+. The second-order valence-corrected chi connectivity index (χ2v) is 8.52. The highest BCUT2D eigenvalue weighted by Crippen LogP contribution is 2.21. The normalized spacial score (nSPS) is 10.9. The summed E-state index contributed by atoms with van der Waals surface area (Å²) in [6, 6.07) is 19.9. The van der Waals surface area contributed by atoms with E-state index in [4.69, 9.17) is 15.6 Å². The van der Waals surface area contributed by atoms with Crippen LogP contribution in [0.15, 0.2) is 72.9 Å². The fourth-order valence-corrected chi connectivity index (χ4v) is 4.35. The number of benzene rings is 3. The second kappa shape index (κ2) is 9.97. The van der Waals surface area contributed by atoms with Crippen LogP contribution in [0.4, 0.5) is 16.3 Å². The van der Waals surface area contributed by atoms with Crippen LogP contribution in [0.5, 0.6) is 0 Å². The van der Waals surface area contributed by atoms with Gasteiger partial charge in [-0.3, -0.25) is 19.9 Å². The quantitative estimate of drug-likeness (QED) is 0.210. The number of imidazole rings is 2. The topological polar surface area (TPSA) is 143 Å². The molecule has 6 rings (SSSR count). The summed E-state index contributed by atoms with van der Waals surface area (Å²) in [5, 5.41) is 10.4. The Morgan fingerprint density at radius 1 is 1.13 bits per heavy atom. The molecule has 6 aromatic rings. The van der Waals surface area contributed by atoms with Gasteiger partial charge in [-0.2, -0.15) is 4.40 Å². The van der Waals surface area contributed by atoms with Crippen LogP contribution in [0.1, 0.15) is 21.6 Å². The Bertz CT molecular complexity index is 1810. The number of halogens is 1. The number of aromatic nitrogens is 5. The lowest BCUT2D eigenvalue weighted by Crippen LogP contribution is -2.26. The molecule has 0 atom stereocenters. The summed E-state index contributed by atoms with van der Waals surface area (Å²) in [6.45, 7) is -0.250. The van der Waals surface area contributed by atoms with Crippen molar-refractivity contribution in [3.8, 4) is 0 Å². The molecule has 0 spiro atoms. The van der Waals surface area contributed by atoms with Gasteiger partial charge in [-0.05, 0) is 42.0 Å². The third-order valence-electron chi connectivity index (χ3n) is 6.14. The zero-order valence-corrected chi connectivity index (χ0v) is 20.2. The highest BCUT2D eigenvalue weighted by atomic mass is 19.1. The Balaban J connectivity index is 0.000000937. The van der Waals surface area contributed by atoms with Crippen LogP contribution in [0.3, 0.4) is 0 Å². The first-order valence-electron chi connectivity index (χ1n) is 11.6. The van der Waals surface area contributed by atoms with Crippen LogP contribution < -0.4 is 15.5 Å². The predicted octanol–water partition coefficient (Wildman–Crippen LogP) is 3.45. The first-order valence-corrected chi connectivity index (χ1v) is 11.6. The van der Waals surface area contributed by atoms with Gasteiger partial charge >= 0.3 is 5.95 Å². The summed E-state index contributed by atoms with van der Waals surface area (Å²) >= 11 is 0. The number of amides is 1. The van der Waals surface area contributed by atoms with E-state index in [-0.39, 0.29) is 23.8 Å². The van der Waals surface area contributed by atoms with Gasteiger partial charge in [-0.15, -0.1) is 4.98 Å². The van der Waals surface area contributed by atoms with E-state index in [1.54, 1.807) is 28.7 Å². The number of rotatable bonds is 4. The average molecular weight is 513 g/mol. The summed E-state index contributed by atoms with van der Waals surface area (Å²) in [7, 11) is 1.87. The van der Waals surface area contributed by atoms with Crippen molar-refractivity contribution >= 4 is 51.9 Å². The standard InChI is InChI=1S/C26H20FN7O.CH2O2/c1-33-21-8-3-2-7-20(21)30-26(33)32-24(35)16-11-9-15(10-12-16)13-17-14-34-23(29-17)18-5-4-6-19(27)22(18)31-25(34)28;2-1-3/h2-12,14H,13H2,1H3,(H3,28,29,30,31,32,35);1H,(H,2,3)/p+1. The fourth-order valence-electron chi connectivity index (χ4n) is 4.35. The number of hydrogen-bond acceptors (Lipinski definition) is 5. The first-order chi connectivity index (χ1) is 18.4. The van der Waals surface area contributed by atoms with Gasteiger partial charge < -0.3 is 15.4 Å². The molecule has 0 aliphatic carbocycles. The summed E-state index contributed by atoms with van der Waals surface area (Å²) in [5.74, 6) is 0.0446. The van der Waals surface area contributed by atoms with Crippen LogP contribution >= 0.6 is 0 Å². The highest BCUT2D eigenvalue weighted by Gasteiger charge is 2.18. The number of carboxylic acid groups (broad SMARTS) is 1. The number of fused-ring (bicyclic) bond motifs is 4. The molecule has 0 saturated carbocycles. The molecule has 0 radical (unpaired) electrons. The lowest BCUT2D eigenvalue weighted by molar-refractivity contribution is -0.495. The molecule has 10 nitrogen and oxygen atoms in total. The zero-order chi connectivity index (χ0) is 26.8. The van der Waals surface area contributed by atoms with Gasteiger partial charge in [-0.25, -0.2) is 9.37 Å². The molecule has 5 N–H and O–H groups in total. The molecule has 0 aliphatic rings. The molecule has 1 amide bonds. The monoisotopic (exact) mass is 512 g/mol. The van der Waals surface area contributed by atoms with Crippen LogP contribution in [-0.4, -0.2) is 37.0 Å². The van der Waals surface area contributed by atoms with Gasteiger partial charge in [0.1, 0.15) is 0 Å². The Morgan fingerprint density at radius 3 is 2.61 bits per heavy atom. The maximum atomic E-state index is 14.2. The van der Waals surface area contributed by atoms with Gasteiger partial charge in [0.15, 0.2) is 11.3 Å². The molecule has 3 heterocycles. The number of H-pyrrole nitrogens is 1. The largest absolute Gasteiger partial charge is 0.483 e. The van der Waals surface area contributed by atoms with E-state index >= 15 is 0 Å². The number of nitrogens with two attached hydrogens (primary N) is 1. The number of carbonyl (C=O) groups excluding carboxylic acids is 1. The van der Waals surface area contributed by atoms with Crippen LogP contribution in [0.25, 0.3) is 27.6 Å². The first kappa shape index (κ1) is 24.4. The van der Waals surface area contributed by atoms with Crippen LogP contribution in [-0.2, 0) is 18.3 Å². The SMILES string of the molecule is Cn1c(NC(=O)c2ccc(Cc3c[n+]4c(N)nc5c(F)cccc5c4[nH]3)cc2)nc2ccccc21.O=CO. The van der Waals surface area contributed by atoms with Gasteiger partial charge in [0, 0.05) is 19.0 Å². The second-order valence-electron chi connectivity index (χ2n) is 8.52. The minimum absolute atomic E-state index is 0.203. The molecule has 190 valence electrons. The van der Waals surface area contributed by atoms with E-state index in [0.29, 0.717) is 29.0 Å². The Hall–Kier alpha value is -5.32. The van der Waals surface area contributed by atoms with E-state index in [1.807, 2.05) is 54.2 Å². The number of nitrogens with zero attached hydrogens (tertiary/aromatic N) is 4. The summed E-state index contributed by atoms with van der Waals surface area (Å²) in [6.07, 6.45) is 2.43. The van der Waals surface area contributed by atoms with Crippen molar-refractivity contribution in [1.29, 1.82) is 0 Å². The number of carbonyl (C=O) groups is 2. The molecule has 3 aromatic heterocycles. The molecule has 0 aliphatic heterocycles. The Labute approximate surface area is 215 Å². The molecule has 3 aromatic carbocycles. The molecule has 0 fully saturated rings. The summed E-state index contributed by atoms with van der Waals surface area (Å²) < 4.78 is 17.8. The van der Waals surface area contributed by atoms with E-state index < -0.39 is 5.82 Å². The average Bonchev–Trinajstić information content (AvgIpc) is 3.47. The van der Waals surface area contributed by atoms with Crippen LogP contribution in [0.2, 0.25) is 0 Å². The highest BCUT2D eigenvalue weighted by molar-refractivity contribution is 6.04. The molecule has 0 saturated heterocycles. The van der Waals surface area contributed by atoms with Gasteiger partial charge in [0.25, 0.3) is 12.4 Å². The van der Waals surface area contributed by atoms with Gasteiger partial charge in [0.2, 0.25) is 11.6 Å². The molecule has 11 heteroatoms. The number of nitrogen functional groups attached to an aromatic ring is 1. The van der Waals surface area contributed by atoms with Crippen LogP contribution in [0, 0.1) is 5.82 Å². The predicted molar refractivity (Wildman–Crippen MR) is 140 cm³/mol. The van der Waals surface area contributed by atoms with E-state index in [9.17, 15) is 9.18 Å². The van der Waals surface area contributed by atoms with E-state index in [0.717, 1.165) is 22.3 Å². The minimum atomic E-state index is -0.416. The zero-order valence-electron chi connectivity index (χ0n) is 20.2. The summed E-state index contributed by atoms with van der Waals surface area (Å²) in [4.78, 5) is 33.2. The number of nitrogens with one attached hydrogen (secondary N) is 2. The van der Waals surface area contributed by atoms with Gasteiger partial charge in [-0.1, -0.05) is 30.3 Å². The summed E-state index contributed by atoms with van der Waals surface area (Å²) in [5.41, 5.74) is 11.2. The van der Waals surface area contributed by atoms with E-state index in [2.05, 4.69) is 20.3 Å². The number of anilines is 2. The lowest BCUT2D eigenvalue weighted by atomic mass is 10.1. The van der Waals surface area contributed by atoms with E-state index in [1.165, 1.54) is 6.07 Å².